The van der Waals surface area contributed by atoms with Crippen molar-refractivity contribution in [3.05, 3.63) is 212 Å². The van der Waals surface area contributed by atoms with E-state index in [2.05, 4.69) is 188 Å². The maximum Gasteiger partial charge on any atom is 0.160 e. The molecular weight excluding hydrogens is 735 g/mol. The molecule has 11 rings (SSSR count). The number of hydrogen-bond acceptors (Lipinski definition) is 4. The smallest absolute Gasteiger partial charge is 0.160 e. The molecule has 0 aliphatic carbocycles. The monoisotopic (exact) mass is 769 g/mol. The lowest BCUT2D eigenvalue weighted by molar-refractivity contribution is 1.18. The predicted molar refractivity (Wildman–Crippen MR) is 248 cm³/mol. The number of benzene rings is 8. The van der Waals surface area contributed by atoms with Crippen molar-refractivity contribution in [3.8, 4) is 78.5 Å². The van der Waals surface area contributed by atoms with Crippen LogP contribution >= 0.6 is 11.3 Å². The third-order valence-corrected chi connectivity index (χ3v) is 12.3. The lowest BCUT2D eigenvalue weighted by Crippen LogP contribution is -1.96. The van der Waals surface area contributed by atoms with E-state index in [9.17, 15) is 0 Å². The quantitative estimate of drug-likeness (QED) is 0.162. The van der Waals surface area contributed by atoms with E-state index in [0.29, 0.717) is 5.82 Å². The Kier molecular flexibility index (Phi) is 8.68. The van der Waals surface area contributed by atoms with Gasteiger partial charge in [0.2, 0.25) is 0 Å². The highest BCUT2D eigenvalue weighted by molar-refractivity contribution is 7.26. The molecular formula is C55H35N3S. The molecule has 0 radical (unpaired) electrons. The number of aromatic nitrogens is 3. The second-order valence-electron chi connectivity index (χ2n) is 14.8. The first-order chi connectivity index (χ1) is 29.2. The van der Waals surface area contributed by atoms with E-state index >= 15 is 0 Å². The van der Waals surface area contributed by atoms with E-state index in [1.807, 2.05) is 35.6 Å². The zero-order valence-electron chi connectivity index (χ0n) is 32.0. The van der Waals surface area contributed by atoms with Gasteiger partial charge in [0.25, 0.3) is 0 Å². The molecule has 3 heterocycles. The van der Waals surface area contributed by atoms with Crippen LogP contribution in [0.3, 0.4) is 0 Å². The lowest BCUT2D eigenvalue weighted by atomic mass is 9.95. The number of thiophene rings is 1. The van der Waals surface area contributed by atoms with Crippen molar-refractivity contribution in [2.45, 2.75) is 0 Å². The molecule has 0 saturated carbocycles. The van der Waals surface area contributed by atoms with Gasteiger partial charge < -0.3 is 0 Å². The summed E-state index contributed by atoms with van der Waals surface area (Å²) in [6.07, 6.45) is 0. The summed E-state index contributed by atoms with van der Waals surface area (Å²) in [6, 6.07) is 75.0. The first kappa shape index (κ1) is 34.7. The van der Waals surface area contributed by atoms with Gasteiger partial charge in [-0.25, -0.2) is 15.0 Å². The molecule has 0 atom stereocenters. The maximum absolute atomic E-state index is 5.36. The fourth-order valence-electron chi connectivity index (χ4n) is 8.12. The lowest BCUT2D eigenvalue weighted by Gasteiger charge is -2.12. The summed E-state index contributed by atoms with van der Waals surface area (Å²) in [4.78, 5) is 15.6. The van der Waals surface area contributed by atoms with Crippen LogP contribution in [0.1, 0.15) is 0 Å². The third kappa shape index (κ3) is 6.56. The van der Waals surface area contributed by atoms with Gasteiger partial charge in [-0.2, -0.15) is 0 Å². The number of hydrogen-bond donors (Lipinski definition) is 0. The summed E-state index contributed by atoms with van der Waals surface area (Å²) < 4.78 is 2.51. The Labute approximate surface area is 346 Å². The fraction of sp³-hybridized carbons (Fsp3) is 0. The molecule has 3 aromatic heterocycles. The van der Waals surface area contributed by atoms with Gasteiger partial charge in [0.15, 0.2) is 5.82 Å². The first-order valence-electron chi connectivity index (χ1n) is 19.8. The van der Waals surface area contributed by atoms with Crippen LogP contribution in [0, 0.1) is 0 Å². The van der Waals surface area contributed by atoms with Crippen molar-refractivity contribution in [2.75, 3.05) is 0 Å². The molecule has 0 aliphatic heterocycles. The summed E-state index contributed by atoms with van der Waals surface area (Å²) in [5.41, 5.74) is 14.9. The zero-order chi connectivity index (χ0) is 39.1. The molecule has 0 bridgehead atoms. The number of pyridine rings is 1. The highest BCUT2D eigenvalue weighted by Crippen LogP contribution is 2.43. The summed E-state index contributed by atoms with van der Waals surface area (Å²) in [7, 11) is 0. The van der Waals surface area contributed by atoms with E-state index in [-0.39, 0.29) is 0 Å². The Balaban J connectivity index is 0.980. The highest BCUT2D eigenvalue weighted by atomic mass is 32.1. The Morgan fingerprint density at radius 2 is 0.797 bits per heavy atom. The number of rotatable bonds is 7. The molecule has 0 N–H and O–H groups in total. The van der Waals surface area contributed by atoms with Gasteiger partial charge in [-0.1, -0.05) is 182 Å². The highest BCUT2D eigenvalue weighted by Gasteiger charge is 2.17. The van der Waals surface area contributed by atoms with Gasteiger partial charge in [-0.3, -0.25) is 0 Å². The minimum Gasteiger partial charge on any atom is -0.246 e. The molecule has 4 heteroatoms. The van der Waals surface area contributed by atoms with Gasteiger partial charge in [-0.15, -0.1) is 11.3 Å². The van der Waals surface area contributed by atoms with Crippen LogP contribution in [0.4, 0.5) is 0 Å². The van der Waals surface area contributed by atoms with Gasteiger partial charge in [0, 0.05) is 43.1 Å². The van der Waals surface area contributed by atoms with Crippen molar-refractivity contribution in [1.29, 1.82) is 0 Å². The molecule has 0 fully saturated rings. The van der Waals surface area contributed by atoms with E-state index in [4.69, 9.17) is 15.0 Å². The van der Waals surface area contributed by atoms with Gasteiger partial charge in [0.1, 0.15) is 0 Å². The number of fused-ring (bicyclic) bond motifs is 5. The Morgan fingerprint density at radius 3 is 1.49 bits per heavy atom. The second-order valence-corrected chi connectivity index (χ2v) is 15.8. The SMILES string of the molecule is c1ccc(-c2ccc(-c3cc(-c4cccc(-c5cccc(-c6ccc7c(c6)nc(-c6ccccc6)c6sc8ccccc8c67)c5)c4)nc(-c4ccccc4)n3)cc2)cc1. The average Bonchev–Trinajstić information content (AvgIpc) is 3.72. The van der Waals surface area contributed by atoms with Gasteiger partial charge in [-0.05, 0) is 63.7 Å². The summed E-state index contributed by atoms with van der Waals surface area (Å²) in [5, 5.41) is 3.73. The minimum absolute atomic E-state index is 0.700. The predicted octanol–water partition coefficient (Wildman–Crippen LogP) is 15.1. The average molecular weight is 770 g/mol. The molecule has 0 unspecified atom stereocenters. The van der Waals surface area contributed by atoms with Crippen LogP contribution in [0.15, 0.2) is 212 Å². The fourth-order valence-corrected chi connectivity index (χ4v) is 9.35. The molecule has 276 valence electrons. The van der Waals surface area contributed by atoms with E-state index in [1.165, 1.54) is 36.7 Å². The van der Waals surface area contributed by atoms with Crippen LogP contribution in [0.25, 0.3) is 110 Å². The Bertz CT molecular complexity index is 3300. The van der Waals surface area contributed by atoms with E-state index in [0.717, 1.165) is 67.1 Å². The van der Waals surface area contributed by atoms with Crippen molar-refractivity contribution >= 4 is 42.4 Å². The molecule has 59 heavy (non-hydrogen) atoms. The van der Waals surface area contributed by atoms with Crippen molar-refractivity contribution in [1.82, 2.24) is 15.0 Å². The van der Waals surface area contributed by atoms with Crippen LogP contribution in [0.2, 0.25) is 0 Å². The normalized spacial score (nSPS) is 11.4. The second kappa shape index (κ2) is 14.8. The molecule has 0 amide bonds. The topological polar surface area (TPSA) is 38.7 Å². The summed E-state index contributed by atoms with van der Waals surface area (Å²) in [6.45, 7) is 0. The standard InChI is InChI=1S/C55H35N3S/c1-4-14-36(15-5-1)37-26-28-38(29-27-37)48-35-49(58-55(57-48)40-18-8-3-9-19-40)45-23-13-22-43(33-45)41-20-12-21-42(32-41)44-30-31-46-50(34-44)56-53(39-16-6-2-7-17-39)54-52(46)47-24-10-11-25-51(47)59-54/h1-35H. The molecule has 11 aromatic rings. The van der Waals surface area contributed by atoms with Crippen molar-refractivity contribution < 1.29 is 0 Å². The van der Waals surface area contributed by atoms with Crippen LogP contribution < -0.4 is 0 Å². The maximum atomic E-state index is 5.36. The molecule has 3 nitrogen and oxygen atoms in total. The molecule has 0 saturated heterocycles. The summed E-state index contributed by atoms with van der Waals surface area (Å²) in [5.74, 6) is 0.700. The van der Waals surface area contributed by atoms with Gasteiger partial charge >= 0.3 is 0 Å². The van der Waals surface area contributed by atoms with Crippen molar-refractivity contribution in [2.24, 2.45) is 0 Å². The van der Waals surface area contributed by atoms with Crippen LogP contribution in [-0.2, 0) is 0 Å². The zero-order valence-corrected chi connectivity index (χ0v) is 32.8. The van der Waals surface area contributed by atoms with E-state index < -0.39 is 0 Å². The first-order valence-corrected chi connectivity index (χ1v) is 20.7. The molecule has 0 spiro atoms. The van der Waals surface area contributed by atoms with E-state index in [1.54, 1.807) is 0 Å². The van der Waals surface area contributed by atoms with Gasteiger partial charge in [0.05, 0.1) is 27.3 Å². The number of nitrogens with zero attached hydrogens (tertiary/aromatic N) is 3. The Hall–Kier alpha value is -7.53. The van der Waals surface area contributed by atoms with Crippen LogP contribution in [-0.4, -0.2) is 15.0 Å². The molecule has 0 aliphatic rings. The Morgan fingerprint density at radius 1 is 0.305 bits per heavy atom. The van der Waals surface area contributed by atoms with Crippen LogP contribution in [0.5, 0.6) is 0 Å². The summed E-state index contributed by atoms with van der Waals surface area (Å²) >= 11 is 1.83. The molecule has 8 aromatic carbocycles. The minimum atomic E-state index is 0.700. The van der Waals surface area contributed by atoms with Crippen molar-refractivity contribution in [3.63, 3.8) is 0 Å². The third-order valence-electron chi connectivity index (χ3n) is 11.1. The largest absolute Gasteiger partial charge is 0.246 e.